The number of allylic oxidation sites excluding steroid dienone is 5. The lowest BCUT2D eigenvalue weighted by Crippen LogP contribution is -2.57. The van der Waals surface area contributed by atoms with Crippen LogP contribution in [0.4, 0.5) is 0 Å². The smallest absolute Gasteiger partial charge is 0.232 e. The SMILES string of the molecule is COC1=C2CC(C)=CC3=C4N[C@@H]5CCCC[C@@H]5NC4c4c(O)cc(OC)c5c4c3c2c2c(c(O)cc(OC)c25)C1=O. The molecule has 1 heterocycles. The third-order valence-corrected chi connectivity index (χ3v) is 9.70. The van der Waals surface area contributed by atoms with Gasteiger partial charge in [-0.05, 0) is 31.7 Å². The molecule has 210 valence electrons. The zero-order chi connectivity index (χ0) is 28.3. The van der Waals surface area contributed by atoms with Crippen molar-refractivity contribution in [3.8, 4) is 23.0 Å². The number of fused-ring (bicyclic) bond motifs is 4. The van der Waals surface area contributed by atoms with E-state index in [-0.39, 0.29) is 40.7 Å². The van der Waals surface area contributed by atoms with E-state index in [0.717, 1.165) is 62.7 Å². The Balaban J connectivity index is 1.66. The van der Waals surface area contributed by atoms with Gasteiger partial charge in [-0.15, -0.1) is 0 Å². The molecule has 1 unspecified atom stereocenters. The lowest BCUT2D eigenvalue weighted by Gasteiger charge is -2.46. The first kappa shape index (κ1) is 24.6. The number of rotatable bonds is 3. The molecule has 1 saturated heterocycles. The molecule has 0 bridgehead atoms. The van der Waals surface area contributed by atoms with Gasteiger partial charge in [0.25, 0.3) is 0 Å². The topological polar surface area (TPSA) is 109 Å². The summed E-state index contributed by atoms with van der Waals surface area (Å²) in [4.78, 5) is 14.0. The second-order valence-electron chi connectivity index (χ2n) is 11.8. The molecular weight excluding hydrogens is 520 g/mol. The minimum Gasteiger partial charge on any atom is -0.507 e. The van der Waals surface area contributed by atoms with Crippen molar-refractivity contribution in [2.75, 3.05) is 21.3 Å². The third-order valence-electron chi connectivity index (χ3n) is 9.70. The first-order chi connectivity index (χ1) is 19.9. The molecule has 4 N–H and O–H groups in total. The number of ether oxygens (including phenoxy) is 3. The molecule has 1 aliphatic heterocycles. The standard InChI is InChI=1S/C33H32N2O6/c1-13-9-14-22-23-15(10-13)33(41-4)32(38)25-19(37)12-21(40-3)27(29(23)25)26-20(39-2)11-18(36)24(28(22)26)31-30(14)34-16-7-5-6-8-17(16)35-31/h9,11-12,16-17,31,34-37H,5-8,10H2,1-4H3/t16-,17+,31?/m1/s1. The maximum atomic E-state index is 14.0. The summed E-state index contributed by atoms with van der Waals surface area (Å²) in [6, 6.07) is 3.48. The number of hydrogen-bond donors (Lipinski definition) is 4. The molecule has 41 heavy (non-hydrogen) atoms. The van der Waals surface area contributed by atoms with E-state index in [0.29, 0.717) is 34.7 Å². The van der Waals surface area contributed by atoms with Crippen LogP contribution >= 0.6 is 0 Å². The van der Waals surface area contributed by atoms with Gasteiger partial charge < -0.3 is 35.1 Å². The molecule has 0 radical (unpaired) electrons. The van der Waals surface area contributed by atoms with Crippen LogP contribution in [0.5, 0.6) is 23.0 Å². The number of nitrogens with one attached hydrogen (secondary N) is 2. The summed E-state index contributed by atoms with van der Waals surface area (Å²) < 4.78 is 17.6. The predicted octanol–water partition coefficient (Wildman–Crippen LogP) is 5.60. The summed E-state index contributed by atoms with van der Waals surface area (Å²) in [5, 5.41) is 33.7. The van der Waals surface area contributed by atoms with Crippen molar-refractivity contribution in [1.82, 2.24) is 10.6 Å². The molecule has 2 fully saturated rings. The Morgan fingerprint density at radius 2 is 1.51 bits per heavy atom. The Morgan fingerprint density at radius 1 is 0.829 bits per heavy atom. The van der Waals surface area contributed by atoms with Crippen LogP contribution in [-0.2, 0) is 4.74 Å². The summed E-state index contributed by atoms with van der Waals surface area (Å²) >= 11 is 0. The minimum absolute atomic E-state index is 0.148. The van der Waals surface area contributed by atoms with Crippen molar-refractivity contribution in [3.63, 3.8) is 0 Å². The highest BCUT2D eigenvalue weighted by Gasteiger charge is 2.45. The number of phenols is 2. The number of Topliss-reactive ketones (excluding diaryl/α,β-unsaturated/α-hetero) is 1. The van der Waals surface area contributed by atoms with Crippen LogP contribution in [0.3, 0.4) is 0 Å². The van der Waals surface area contributed by atoms with E-state index in [2.05, 4.69) is 23.6 Å². The maximum Gasteiger partial charge on any atom is 0.232 e. The van der Waals surface area contributed by atoms with Gasteiger partial charge in [0.05, 0.1) is 32.9 Å². The Kier molecular flexibility index (Phi) is 5.06. The van der Waals surface area contributed by atoms with Gasteiger partial charge in [-0.25, -0.2) is 0 Å². The van der Waals surface area contributed by atoms with E-state index in [4.69, 9.17) is 14.2 Å². The number of aromatic hydroxyl groups is 2. The fourth-order valence-corrected chi connectivity index (χ4v) is 8.13. The molecule has 3 aromatic rings. The number of hydrogen-bond acceptors (Lipinski definition) is 8. The van der Waals surface area contributed by atoms with Crippen molar-refractivity contribution < 1.29 is 29.2 Å². The van der Waals surface area contributed by atoms with Crippen LogP contribution in [0.15, 0.2) is 35.2 Å². The van der Waals surface area contributed by atoms with Crippen molar-refractivity contribution >= 4 is 38.5 Å². The van der Waals surface area contributed by atoms with Crippen LogP contribution in [0.2, 0.25) is 0 Å². The Bertz CT molecular complexity index is 1850. The average Bonchev–Trinajstić information content (AvgIpc) is 3.12. The second kappa shape index (κ2) is 8.42. The number of phenolic OH excluding ortho intramolecular Hbond substituents is 2. The minimum atomic E-state index is -0.357. The molecule has 0 amide bonds. The van der Waals surface area contributed by atoms with Crippen LogP contribution < -0.4 is 20.1 Å². The van der Waals surface area contributed by atoms with E-state index in [1.165, 1.54) is 26.0 Å². The van der Waals surface area contributed by atoms with Gasteiger partial charge >= 0.3 is 0 Å². The molecule has 3 atom stereocenters. The number of carbonyl (C=O) groups is 1. The highest BCUT2D eigenvalue weighted by Crippen LogP contribution is 2.59. The highest BCUT2D eigenvalue weighted by atomic mass is 16.5. The fourth-order valence-electron chi connectivity index (χ4n) is 8.13. The van der Waals surface area contributed by atoms with Gasteiger partial charge in [0.2, 0.25) is 5.78 Å². The molecule has 0 aromatic heterocycles. The number of benzene rings is 3. The van der Waals surface area contributed by atoms with Gasteiger partial charge in [-0.2, -0.15) is 0 Å². The Hall–Kier alpha value is -4.17. The van der Waals surface area contributed by atoms with Crippen molar-refractivity contribution in [1.29, 1.82) is 0 Å². The van der Waals surface area contributed by atoms with Crippen molar-refractivity contribution in [3.05, 3.63) is 57.5 Å². The number of carbonyl (C=O) groups excluding carboxylic acids is 1. The van der Waals surface area contributed by atoms with Gasteiger partial charge in [-0.1, -0.05) is 24.5 Å². The normalized spacial score (nSPS) is 24.1. The molecule has 8 rings (SSSR count). The summed E-state index contributed by atoms with van der Waals surface area (Å²) in [7, 11) is 4.64. The van der Waals surface area contributed by atoms with Gasteiger partial charge in [0.1, 0.15) is 23.0 Å². The molecule has 0 spiro atoms. The second-order valence-corrected chi connectivity index (χ2v) is 11.8. The first-order valence-electron chi connectivity index (χ1n) is 14.3. The number of ketones is 1. The summed E-state index contributed by atoms with van der Waals surface area (Å²) in [6.45, 7) is 2.07. The maximum absolute atomic E-state index is 14.0. The largest absolute Gasteiger partial charge is 0.507 e. The lowest BCUT2D eigenvalue weighted by molar-refractivity contribution is 0.0953. The lowest BCUT2D eigenvalue weighted by atomic mass is 9.72. The third kappa shape index (κ3) is 3.00. The Morgan fingerprint density at radius 3 is 2.22 bits per heavy atom. The molecule has 1 saturated carbocycles. The van der Waals surface area contributed by atoms with Crippen LogP contribution in [-0.4, -0.2) is 49.4 Å². The first-order valence-corrected chi connectivity index (χ1v) is 14.3. The number of piperazine rings is 1. The highest BCUT2D eigenvalue weighted by molar-refractivity contribution is 6.33. The molecule has 5 aliphatic rings. The fraction of sp³-hybridized carbons (Fsp3) is 0.364. The van der Waals surface area contributed by atoms with E-state index in [1.807, 2.05) is 0 Å². The quantitative estimate of drug-likeness (QED) is 0.311. The molecule has 8 nitrogen and oxygen atoms in total. The zero-order valence-electron chi connectivity index (χ0n) is 23.5. The Labute approximate surface area is 237 Å². The molecule has 3 aromatic carbocycles. The number of methoxy groups -OCH3 is 3. The molecule has 4 aliphatic carbocycles. The van der Waals surface area contributed by atoms with Gasteiger partial charge in [-0.3, -0.25) is 4.79 Å². The predicted molar refractivity (Wildman–Crippen MR) is 156 cm³/mol. The van der Waals surface area contributed by atoms with E-state index < -0.39 is 0 Å². The van der Waals surface area contributed by atoms with Crippen molar-refractivity contribution in [2.45, 2.75) is 57.2 Å². The van der Waals surface area contributed by atoms with Crippen LogP contribution in [0.25, 0.3) is 32.7 Å². The van der Waals surface area contributed by atoms with Gasteiger partial charge in [0.15, 0.2) is 5.76 Å². The monoisotopic (exact) mass is 552 g/mol. The van der Waals surface area contributed by atoms with E-state index in [9.17, 15) is 15.0 Å². The summed E-state index contributed by atoms with van der Waals surface area (Å²) in [6.07, 6.45) is 7.22. The zero-order valence-corrected chi connectivity index (χ0v) is 23.5. The van der Waals surface area contributed by atoms with E-state index in [1.54, 1.807) is 20.3 Å². The van der Waals surface area contributed by atoms with Crippen LogP contribution in [0, 0.1) is 0 Å². The average molecular weight is 553 g/mol. The van der Waals surface area contributed by atoms with Crippen LogP contribution in [0.1, 0.15) is 72.1 Å². The van der Waals surface area contributed by atoms with Gasteiger partial charge in [0, 0.05) is 73.7 Å². The van der Waals surface area contributed by atoms with E-state index >= 15 is 0 Å². The molecular formula is C33H32N2O6. The summed E-state index contributed by atoms with van der Waals surface area (Å²) in [5.74, 6) is 0.764. The summed E-state index contributed by atoms with van der Waals surface area (Å²) in [5.41, 5.74) is 6.64. The molecule has 8 heteroatoms. The van der Waals surface area contributed by atoms with Crippen molar-refractivity contribution in [2.24, 2.45) is 0 Å².